The van der Waals surface area contributed by atoms with E-state index in [4.69, 9.17) is 4.42 Å². The van der Waals surface area contributed by atoms with Crippen LogP contribution in [0.1, 0.15) is 81.3 Å². The summed E-state index contributed by atoms with van der Waals surface area (Å²) in [6.45, 7) is 5.00. The molecule has 0 unspecified atom stereocenters. The van der Waals surface area contributed by atoms with Gasteiger partial charge in [0.2, 0.25) is 0 Å². The van der Waals surface area contributed by atoms with Crippen molar-refractivity contribution in [2.45, 2.75) is 71.4 Å². The summed E-state index contributed by atoms with van der Waals surface area (Å²) in [5, 5.41) is 12.7. The predicted molar refractivity (Wildman–Crippen MR) is 125 cm³/mol. The van der Waals surface area contributed by atoms with Gasteiger partial charge in [0.1, 0.15) is 17.1 Å². The highest BCUT2D eigenvalue weighted by Gasteiger charge is 2.25. The first kappa shape index (κ1) is 29.7. The summed E-state index contributed by atoms with van der Waals surface area (Å²) in [7, 11) is 1.25. The van der Waals surface area contributed by atoms with Crippen LogP contribution >= 0.6 is 0 Å². The van der Waals surface area contributed by atoms with E-state index < -0.39 is 41.4 Å². The highest BCUT2D eigenvalue weighted by molar-refractivity contribution is 6.09. The number of alkyl halides is 3. The highest BCUT2D eigenvalue weighted by atomic mass is 19.4. The lowest BCUT2D eigenvalue weighted by Crippen LogP contribution is -2.16. The maximum Gasteiger partial charge on any atom is 0.410 e. The molecule has 0 aromatic carbocycles. The van der Waals surface area contributed by atoms with Crippen LogP contribution in [-0.4, -0.2) is 30.3 Å². The molecule has 1 heterocycles. The van der Waals surface area contributed by atoms with Crippen LogP contribution in [-0.2, 0) is 4.74 Å². The third-order valence-corrected chi connectivity index (χ3v) is 5.19. The van der Waals surface area contributed by atoms with Gasteiger partial charge in [-0.25, -0.2) is 9.59 Å². The van der Waals surface area contributed by atoms with E-state index in [2.05, 4.69) is 10.1 Å². The Morgan fingerprint density at radius 3 is 2.51 bits per heavy atom. The van der Waals surface area contributed by atoms with Gasteiger partial charge in [0, 0.05) is 24.6 Å². The molecule has 1 amide bonds. The average molecular weight is 500 g/mol. The monoisotopic (exact) mass is 499 g/mol. The van der Waals surface area contributed by atoms with Crippen LogP contribution in [0.2, 0.25) is 0 Å². The molecule has 0 fully saturated rings. The molecule has 1 atom stereocenters. The maximum absolute atomic E-state index is 12.7. The Morgan fingerprint density at radius 2 is 1.91 bits per heavy atom. The number of unbranched alkanes of at least 4 members (excludes halogenated alkanes) is 1. The standard InChI is InChI=1S/C25H32F3NO6/c1-16(9-5-7-13-25(26,27)28)11-12-18(3)22(31)21-19(30)15-20(35-23(21)32)17(2)10-6-8-14-29-24(33)34-4/h8,11-12,14-15,17,30H,5-7,9-10,13H2,1-4H3,(H,29,33)/b14-8+,16-11+,18-12+/t17-/m0/s1. The van der Waals surface area contributed by atoms with Crippen LogP contribution in [0.4, 0.5) is 18.0 Å². The van der Waals surface area contributed by atoms with Crippen molar-refractivity contribution in [2.75, 3.05) is 7.11 Å². The second-order valence-electron chi connectivity index (χ2n) is 8.23. The summed E-state index contributed by atoms with van der Waals surface area (Å²) in [6.07, 6.45) is 2.53. The number of hydrogen-bond acceptors (Lipinski definition) is 6. The number of ketones is 1. The molecule has 194 valence electrons. The number of methoxy groups -OCH3 is 1. The zero-order chi connectivity index (χ0) is 26.6. The molecule has 0 saturated carbocycles. The first-order valence-corrected chi connectivity index (χ1v) is 11.2. The molecular formula is C25H32F3NO6. The van der Waals surface area contributed by atoms with E-state index in [1.807, 2.05) is 0 Å². The molecule has 0 saturated heterocycles. The number of allylic oxidation sites excluding steroid dienone is 5. The Labute approximate surface area is 202 Å². The largest absolute Gasteiger partial charge is 0.507 e. The molecule has 7 nitrogen and oxygen atoms in total. The van der Waals surface area contributed by atoms with E-state index in [-0.39, 0.29) is 23.7 Å². The number of Topliss-reactive ketones (excluding diaryl/α,β-unsaturated/α-hetero) is 1. The number of aromatic hydroxyl groups is 1. The fraction of sp³-hybridized carbons (Fsp3) is 0.480. The average Bonchev–Trinajstić information content (AvgIpc) is 2.78. The number of hydrogen-bond donors (Lipinski definition) is 2. The molecular weight excluding hydrogens is 467 g/mol. The van der Waals surface area contributed by atoms with E-state index >= 15 is 0 Å². The number of carbonyl (C=O) groups excluding carboxylic acids is 2. The molecule has 0 radical (unpaired) electrons. The van der Waals surface area contributed by atoms with E-state index in [0.717, 1.165) is 5.57 Å². The van der Waals surface area contributed by atoms with Crippen molar-refractivity contribution in [3.63, 3.8) is 0 Å². The van der Waals surface area contributed by atoms with Crippen LogP contribution in [0.25, 0.3) is 0 Å². The Kier molecular flexibility index (Phi) is 12.0. The van der Waals surface area contributed by atoms with E-state index in [1.54, 1.807) is 26.0 Å². The summed E-state index contributed by atoms with van der Waals surface area (Å²) in [5.41, 5.74) is -0.477. The van der Waals surface area contributed by atoms with Crippen molar-refractivity contribution < 1.29 is 37.0 Å². The van der Waals surface area contributed by atoms with Crippen LogP contribution in [0.3, 0.4) is 0 Å². The first-order chi connectivity index (χ1) is 16.4. The summed E-state index contributed by atoms with van der Waals surface area (Å²) in [5.74, 6) is -1.22. The number of carbonyl (C=O) groups is 2. The molecule has 2 N–H and O–H groups in total. The van der Waals surface area contributed by atoms with Crippen LogP contribution < -0.4 is 10.9 Å². The van der Waals surface area contributed by atoms with Gasteiger partial charge in [-0.3, -0.25) is 10.1 Å². The number of amides is 1. The van der Waals surface area contributed by atoms with E-state index in [1.165, 1.54) is 32.4 Å². The minimum absolute atomic E-state index is 0.0245. The minimum atomic E-state index is -4.17. The molecule has 1 rings (SSSR count). The Balaban J connectivity index is 2.79. The zero-order valence-corrected chi connectivity index (χ0v) is 20.3. The lowest BCUT2D eigenvalue weighted by molar-refractivity contribution is -0.135. The second kappa shape index (κ2) is 14.2. The summed E-state index contributed by atoms with van der Waals surface area (Å²) in [6, 6.07) is 1.24. The number of ether oxygens (including phenoxy) is 1. The molecule has 0 aliphatic rings. The molecule has 0 bridgehead atoms. The summed E-state index contributed by atoms with van der Waals surface area (Å²) >= 11 is 0. The van der Waals surface area contributed by atoms with Crippen LogP contribution in [0, 0.1) is 0 Å². The van der Waals surface area contributed by atoms with Gasteiger partial charge in [-0.15, -0.1) is 0 Å². The van der Waals surface area contributed by atoms with Gasteiger partial charge in [0.15, 0.2) is 5.78 Å². The number of halogens is 3. The topological polar surface area (TPSA) is 106 Å². The van der Waals surface area contributed by atoms with Crippen LogP contribution in [0.5, 0.6) is 5.75 Å². The third-order valence-electron chi connectivity index (χ3n) is 5.19. The quantitative estimate of drug-likeness (QED) is 0.151. The second-order valence-corrected chi connectivity index (χ2v) is 8.23. The predicted octanol–water partition coefficient (Wildman–Crippen LogP) is 6.30. The number of rotatable bonds is 12. The Hall–Kier alpha value is -3.30. The van der Waals surface area contributed by atoms with E-state index in [0.29, 0.717) is 25.7 Å². The highest BCUT2D eigenvalue weighted by Crippen LogP contribution is 2.26. The normalized spacial score (nSPS) is 13.7. The molecule has 0 aliphatic heterocycles. The fourth-order valence-electron chi connectivity index (χ4n) is 3.06. The number of nitrogens with one attached hydrogen (secondary N) is 1. The fourth-order valence-corrected chi connectivity index (χ4v) is 3.06. The van der Waals surface area contributed by atoms with Gasteiger partial charge in [0.05, 0.1) is 7.11 Å². The smallest absolute Gasteiger partial charge is 0.410 e. The number of alkyl carbamates (subject to hydrolysis) is 1. The lowest BCUT2D eigenvalue weighted by atomic mass is 9.99. The molecule has 0 spiro atoms. The Bertz CT molecular complexity index is 1020. The van der Waals surface area contributed by atoms with Gasteiger partial charge in [-0.05, 0) is 51.5 Å². The van der Waals surface area contributed by atoms with Crippen molar-refractivity contribution in [1.29, 1.82) is 0 Å². The van der Waals surface area contributed by atoms with Gasteiger partial charge < -0.3 is 14.3 Å². The third kappa shape index (κ3) is 11.1. The summed E-state index contributed by atoms with van der Waals surface area (Å²) < 4.78 is 46.3. The van der Waals surface area contributed by atoms with Gasteiger partial charge >= 0.3 is 17.9 Å². The van der Waals surface area contributed by atoms with Gasteiger partial charge in [-0.2, -0.15) is 13.2 Å². The molecule has 10 heteroatoms. The molecule has 1 aromatic heterocycles. The lowest BCUT2D eigenvalue weighted by Gasteiger charge is -2.11. The molecule has 0 aliphatic carbocycles. The Morgan fingerprint density at radius 1 is 1.23 bits per heavy atom. The maximum atomic E-state index is 12.7. The van der Waals surface area contributed by atoms with Gasteiger partial charge in [0.25, 0.3) is 0 Å². The van der Waals surface area contributed by atoms with E-state index in [9.17, 15) is 32.7 Å². The van der Waals surface area contributed by atoms with Gasteiger partial charge in [-0.1, -0.05) is 30.7 Å². The summed E-state index contributed by atoms with van der Waals surface area (Å²) in [4.78, 5) is 36.1. The van der Waals surface area contributed by atoms with Crippen molar-refractivity contribution in [2.24, 2.45) is 0 Å². The van der Waals surface area contributed by atoms with Crippen molar-refractivity contribution >= 4 is 11.9 Å². The first-order valence-electron chi connectivity index (χ1n) is 11.2. The minimum Gasteiger partial charge on any atom is -0.507 e. The van der Waals surface area contributed by atoms with Crippen LogP contribution in [0.15, 0.2) is 50.9 Å². The SMILES string of the molecule is COC(=O)N/C=C/CC[C@H](C)c1cc(O)c(C(=O)/C(C)=C/C=C(\C)CCCCC(F)(F)F)c(=O)o1. The van der Waals surface area contributed by atoms with Crippen molar-refractivity contribution in [1.82, 2.24) is 5.32 Å². The van der Waals surface area contributed by atoms with Crippen molar-refractivity contribution in [3.05, 3.63) is 63.4 Å². The zero-order valence-electron chi connectivity index (χ0n) is 20.3. The molecule has 1 aromatic rings. The molecule has 35 heavy (non-hydrogen) atoms. The van der Waals surface area contributed by atoms with Crippen molar-refractivity contribution in [3.8, 4) is 5.75 Å².